The molecule has 118 valence electrons. The van der Waals surface area contributed by atoms with Crippen LogP contribution in [0.2, 0.25) is 0 Å². The summed E-state index contributed by atoms with van der Waals surface area (Å²) in [4.78, 5) is 8.22. The highest BCUT2D eigenvalue weighted by molar-refractivity contribution is 5.37. The first-order valence-electron chi connectivity index (χ1n) is 7.46. The Morgan fingerprint density at radius 2 is 2.36 bits per heavy atom. The molecule has 0 aliphatic carbocycles. The van der Waals surface area contributed by atoms with Crippen molar-refractivity contribution in [1.82, 2.24) is 19.7 Å². The number of hydrogen-bond acceptors (Lipinski definition) is 6. The van der Waals surface area contributed by atoms with Gasteiger partial charge < -0.3 is 14.8 Å². The third kappa shape index (κ3) is 3.36. The smallest absolute Gasteiger partial charge is 0.218 e. The molecule has 0 saturated carbocycles. The lowest BCUT2D eigenvalue weighted by atomic mass is 9.91. The summed E-state index contributed by atoms with van der Waals surface area (Å²) in [6.07, 6.45) is 7.69. The fraction of sp³-hybridized carbons (Fsp3) is 0.533. The Kier molecular flexibility index (Phi) is 4.53. The third-order valence-corrected chi connectivity index (χ3v) is 3.89. The molecule has 3 heterocycles. The molecule has 22 heavy (non-hydrogen) atoms. The molecule has 1 saturated heterocycles. The van der Waals surface area contributed by atoms with Gasteiger partial charge in [-0.3, -0.25) is 4.68 Å². The van der Waals surface area contributed by atoms with Gasteiger partial charge in [-0.25, -0.2) is 9.97 Å². The van der Waals surface area contributed by atoms with Crippen LogP contribution < -0.4 is 10.1 Å². The van der Waals surface area contributed by atoms with Gasteiger partial charge in [0.25, 0.3) is 0 Å². The summed E-state index contributed by atoms with van der Waals surface area (Å²) in [7, 11) is 3.52. The molecular formula is C15H21N5O2. The number of anilines is 1. The van der Waals surface area contributed by atoms with Gasteiger partial charge in [-0.15, -0.1) is 0 Å². The first kappa shape index (κ1) is 14.8. The van der Waals surface area contributed by atoms with Gasteiger partial charge in [0.1, 0.15) is 12.1 Å². The molecule has 7 heteroatoms. The predicted octanol–water partition coefficient (Wildman–Crippen LogP) is 1.80. The van der Waals surface area contributed by atoms with E-state index in [1.807, 2.05) is 24.1 Å². The molecule has 0 radical (unpaired) electrons. The van der Waals surface area contributed by atoms with Gasteiger partial charge >= 0.3 is 0 Å². The van der Waals surface area contributed by atoms with E-state index in [1.54, 1.807) is 13.2 Å². The van der Waals surface area contributed by atoms with E-state index in [0.29, 0.717) is 11.8 Å². The maximum absolute atomic E-state index is 5.97. The van der Waals surface area contributed by atoms with Crippen molar-refractivity contribution in [3.05, 3.63) is 30.4 Å². The van der Waals surface area contributed by atoms with Crippen LogP contribution >= 0.6 is 0 Å². The molecule has 1 aliphatic heterocycles. The summed E-state index contributed by atoms with van der Waals surface area (Å²) in [5.41, 5.74) is 1.13. The molecule has 0 aromatic carbocycles. The summed E-state index contributed by atoms with van der Waals surface area (Å²) in [5, 5.41) is 7.60. The molecule has 0 bridgehead atoms. The van der Waals surface area contributed by atoms with Crippen LogP contribution in [0.15, 0.2) is 24.8 Å². The van der Waals surface area contributed by atoms with Crippen LogP contribution in [0.1, 0.15) is 24.5 Å². The molecule has 0 unspecified atom stereocenters. The van der Waals surface area contributed by atoms with E-state index >= 15 is 0 Å². The number of nitrogens with one attached hydrogen (secondary N) is 1. The summed E-state index contributed by atoms with van der Waals surface area (Å²) in [6, 6.07) is 1.79. The van der Waals surface area contributed by atoms with Crippen molar-refractivity contribution in [2.45, 2.75) is 18.9 Å². The third-order valence-electron chi connectivity index (χ3n) is 3.89. The van der Waals surface area contributed by atoms with E-state index in [0.717, 1.165) is 37.4 Å². The second-order valence-corrected chi connectivity index (χ2v) is 5.47. The van der Waals surface area contributed by atoms with Crippen molar-refractivity contribution in [1.29, 1.82) is 0 Å². The highest BCUT2D eigenvalue weighted by atomic mass is 16.5. The topological polar surface area (TPSA) is 74.1 Å². The minimum Gasteiger partial charge on any atom is -0.481 e. The summed E-state index contributed by atoms with van der Waals surface area (Å²) >= 11 is 0. The quantitative estimate of drug-likeness (QED) is 0.908. The van der Waals surface area contributed by atoms with Crippen LogP contribution in [-0.2, 0) is 11.8 Å². The average Bonchev–Trinajstić information content (AvgIpc) is 3.00. The van der Waals surface area contributed by atoms with Gasteiger partial charge in [0.2, 0.25) is 5.88 Å². The van der Waals surface area contributed by atoms with Gasteiger partial charge in [0.15, 0.2) is 0 Å². The molecule has 2 aromatic rings. The first-order valence-corrected chi connectivity index (χ1v) is 7.46. The highest BCUT2D eigenvalue weighted by Crippen LogP contribution is 2.33. The second kappa shape index (κ2) is 6.74. The zero-order valence-electron chi connectivity index (χ0n) is 12.9. The van der Waals surface area contributed by atoms with Crippen LogP contribution in [0.3, 0.4) is 0 Å². The van der Waals surface area contributed by atoms with Crippen molar-refractivity contribution >= 4 is 5.82 Å². The average molecular weight is 303 g/mol. The Morgan fingerprint density at radius 1 is 1.45 bits per heavy atom. The van der Waals surface area contributed by atoms with Gasteiger partial charge in [0, 0.05) is 43.9 Å². The number of nitrogens with zero attached hydrogens (tertiary/aromatic N) is 4. The fourth-order valence-corrected chi connectivity index (χ4v) is 2.79. The molecule has 1 N–H and O–H groups in total. The molecule has 1 aliphatic rings. The highest BCUT2D eigenvalue weighted by Gasteiger charge is 2.28. The van der Waals surface area contributed by atoms with Gasteiger partial charge in [0.05, 0.1) is 19.4 Å². The first-order chi connectivity index (χ1) is 10.8. The zero-order chi connectivity index (χ0) is 15.4. The summed E-state index contributed by atoms with van der Waals surface area (Å²) in [5.74, 6) is 1.71. The fourth-order valence-electron chi connectivity index (χ4n) is 2.79. The van der Waals surface area contributed by atoms with Crippen molar-refractivity contribution in [3.8, 4) is 5.88 Å². The van der Waals surface area contributed by atoms with Gasteiger partial charge in [-0.05, 0) is 12.8 Å². The van der Waals surface area contributed by atoms with Crippen LogP contribution in [0.25, 0.3) is 0 Å². The Balaban J connectivity index is 1.66. The van der Waals surface area contributed by atoms with Gasteiger partial charge in [-0.2, -0.15) is 5.10 Å². The van der Waals surface area contributed by atoms with Crippen LogP contribution in [-0.4, -0.2) is 40.0 Å². The predicted molar refractivity (Wildman–Crippen MR) is 81.7 cm³/mol. The maximum Gasteiger partial charge on any atom is 0.218 e. The molecule has 2 atom stereocenters. The number of methoxy groups -OCH3 is 1. The van der Waals surface area contributed by atoms with Crippen molar-refractivity contribution < 1.29 is 9.47 Å². The lowest BCUT2D eigenvalue weighted by molar-refractivity contribution is -0.0239. The molecule has 7 nitrogen and oxygen atoms in total. The van der Waals surface area contributed by atoms with Crippen LogP contribution in [0.4, 0.5) is 5.82 Å². The number of aryl methyl sites for hydroxylation is 1. The van der Waals surface area contributed by atoms with E-state index in [-0.39, 0.29) is 6.10 Å². The van der Waals surface area contributed by atoms with E-state index in [1.165, 1.54) is 6.33 Å². The SMILES string of the molecule is COc1cc(NC[C@@H]2CCCO[C@H]2c2cnn(C)c2)ncn1. The number of ether oxygens (including phenoxy) is 2. The zero-order valence-corrected chi connectivity index (χ0v) is 12.9. The molecule has 0 amide bonds. The maximum atomic E-state index is 5.97. The van der Waals surface area contributed by atoms with Crippen molar-refractivity contribution in [2.24, 2.45) is 13.0 Å². The summed E-state index contributed by atoms with van der Waals surface area (Å²) < 4.78 is 12.9. The normalized spacial score (nSPS) is 21.5. The van der Waals surface area contributed by atoms with Crippen molar-refractivity contribution in [3.63, 3.8) is 0 Å². The van der Waals surface area contributed by atoms with Crippen LogP contribution in [0, 0.1) is 5.92 Å². The summed E-state index contributed by atoms with van der Waals surface area (Å²) in [6.45, 7) is 1.59. The molecular weight excluding hydrogens is 282 g/mol. The van der Waals surface area contributed by atoms with E-state index in [2.05, 4.69) is 20.4 Å². The Morgan fingerprint density at radius 3 is 3.14 bits per heavy atom. The minimum atomic E-state index is 0.0821. The second-order valence-electron chi connectivity index (χ2n) is 5.47. The largest absolute Gasteiger partial charge is 0.481 e. The number of hydrogen-bond donors (Lipinski definition) is 1. The molecule has 3 rings (SSSR count). The van der Waals surface area contributed by atoms with Crippen LogP contribution in [0.5, 0.6) is 5.88 Å². The van der Waals surface area contributed by atoms with Crippen molar-refractivity contribution in [2.75, 3.05) is 25.6 Å². The molecule has 0 spiro atoms. The number of rotatable bonds is 5. The Hall–Kier alpha value is -2.15. The monoisotopic (exact) mass is 303 g/mol. The van der Waals surface area contributed by atoms with E-state index < -0.39 is 0 Å². The molecule has 2 aromatic heterocycles. The number of aromatic nitrogens is 4. The van der Waals surface area contributed by atoms with E-state index in [9.17, 15) is 0 Å². The minimum absolute atomic E-state index is 0.0821. The van der Waals surface area contributed by atoms with E-state index in [4.69, 9.17) is 9.47 Å². The Labute approximate surface area is 129 Å². The standard InChI is InChI=1S/C15H21N5O2/c1-20-9-12(8-19-20)15-11(4-3-5-22-15)7-16-13-6-14(21-2)18-10-17-13/h6,8-11,15H,3-5,7H2,1-2H3,(H,16,17,18)/t11-,15+/m0/s1. The lowest BCUT2D eigenvalue weighted by Gasteiger charge is -2.31. The van der Waals surface area contributed by atoms with Gasteiger partial charge in [-0.1, -0.05) is 0 Å². The Bertz CT molecular complexity index is 615. The molecule has 1 fully saturated rings. The lowest BCUT2D eigenvalue weighted by Crippen LogP contribution is -2.28.